The van der Waals surface area contributed by atoms with Crippen molar-refractivity contribution >= 4 is 0 Å². The summed E-state index contributed by atoms with van der Waals surface area (Å²) < 4.78 is 5.97. The summed E-state index contributed by atoms with van der Waals surface area (Å²) in [6.07, 6.45) is 2.45. The van der Waals surface area contributed by atoms with E-state index in [1.54, 1.807) is 0 Å². The first-order valence-corrected chi connectivity index (χ1v) is 5.83. The fourth-order valence-electron chi connectivity index (χ4n) is 2.66. The lowest BCUT2D eigenvalue weighted by molar-refractivity contribution is 0.309. The Morgan fingerprint density at radius 2 is 2.13 bits per heavy atom. The molecule has 0 radical (unpaired) electrons. The number of hydrogen-bond acceptors (Lipinski definition) is 3. The highest BCUT2D eigenvalue weighted by molar-refractivity contribution is 5.27. The monoisotopic (exact) mass is 206 g/mol. The standard InChI is InChI=1S/C12H18N2O/c1-14-7-10-6-11(15-12(10)8-14)9-2-4-13-5-3-9/h6,9,13H,2-5,7-8H2,1H3. The molecule has 3 heteroatoms. The molecule has 1 aromatic rings. The van der Waals surface area contributed by atoms with Gasteiger partial charge >= 0.3 is 0 Å². The van der Waals surface area contributed by atoms with Gasteiger partial charge in [-0.2, -0.15) is 0 Å². The molecule has 1 N–H and O–H groups in total. The molecule has 3 heterocycles. The molecule has 0 atom stereocenters. The van der Waals surface area contributed by atoms with E-state index in [2.05, 4.69) is 23.3 Å². The van der Waals surface area contributed by atoms with Crippen LogP contribution >= 0.6 is 0 Å². The highest BCUT2D eigenvalue weighted by atomic mass is 16.3. The molecule has 3 rings (SSSR count). The first-order chi connectivity index (χ1) is 7.33. The van der Waals surface area contributed by atoms with Crippen molar-refractivity contribution in [1.82, 2.24) is 10.2 Å². The van der Waals surface area contributed by atoms with Gasteiger partial charge in [-0.05, 0) is 39.0 Å². The molecule has 0 amide bonds. The molecule has 0 unspecified atom stereocenters. The largest absolute Gasteiger partial charge is 0.464 e. The molecular weight excluding hydrogens is 188 g/mol. The second-order valence-electron chi connectivity index (χ2n) is 4.79. The molecule has 0 bridgehead atoms. The van der Waals surface area contributed by atoms with Crippen LogP contribution in [0.15, 0.2) is 10.5 Å². The van der Waals surface area contributed by atoms with Crippen LogP contribution in [0.4, 0.5) is 0 Å². The Labute approximate surface area is 90.4 Å². The van der Waals surface area contributed by atoms with Crippen molar-refractivity contribution < 1.29 is 4.42 Å². The molecule has 2 aliphatic heterocycles. The van der Waals surface area contributed by atoms with Gasteiger partial charge in [-0.15, -0.1) is 0 Å². The molecule has 3 nitrogen and oxygen atoms in total. The maximum Gasteiger partial charge on any atom is 0.122 e. The van der Waals surface area contributed by atoms with E-state index in [0.717, 1.165) is 26.2 Å². The average Bonchev–Trinajstić information content (AvgIpc) is 2.76. The Morgan fingerprint density at radius 3 is 2.87 bits per heavy atom. The van der Waals surface area contributed by atoms with E-state index < -0.39 is 0 Å². The maximum absolute atomic E-state index is 5.97. The van der Waals surface area contributed by atoms with E-state index in [9.17, 15) is 0 Å². The van der Waals surface area contributed by atoms with Crippen molar-refractivity contribution in [3.63, 3.8) is 0 Å². The summed E-state index contributed by atoms with van der Waals surface area (Å²) in [5, 5.41) is 3.39. The molecule has 0 aromatic carbocycles. The van der Waals surface area contributed by atoms with Crippen LogP contribution in [-0.4, -0.2) is 25.0 Å². The molecule has 1 fully saturated rings. The number of furan rings is 1. The lowest BCUT2D eigenvalue weighted by Gasteiger charge is -2.20. The van der Waals surface area contributed by atoms with Gasteiger partial charge in [-0.1, -0.05) is 0 Å². The highest BCUT2D eigenvalue weighted by Gasteiger charge is 2.25. The molecule has 0 spiro atoms. The van der Waals surface area contributed by atoms with Gasteiger partial charge in [-0.25, -0.2) is 0 Å². The van der Waals surface area contributed by atoms with E-state index in [1.165, 1.54) is 29.9 Å². The SMILES string of the molecule is CN1Cc2cc(C3CCNCC3)oc2C1. The predicted molar refractivity (Wildman–Crippen MR) is 58.7 cm³/mol. The van der Waals surface area contributed by atoms with Crippen LogP contribution in [0.3, 0.4) is 0 Å². The summed E-state index contributed by atoms with van der Waals surface area (Å²) in [4.78, 5) is 2.29. The number of hydrogen-bond donors (Lipinski definition) is 1. The quantitative estimate of drug-likeness (QED) is 0.758. The number of piperidine rings is 1. The van der Waals surface area contributed by atoms with Crippen molar-refractivity contribution in [3.8, 4) is 0 Å². The fraction of sp³-hybridized carbons (Fsp3) is 0.667. The third kappa shape index (κ3) is 1.70. The minimum atomic E-state index is 0.655. The van der Waals surface area contributed by atoms with Gasteiger partial charge < -0.3 is 9.73 Å². The highest BCUT2D eigenvalue weighted by Crippen LogP contribution is 2.32. The molecule has 15 heavy (non-hydrogen) atoms. The Kier molecular flexibility index (Phi) is 2.29. The summed E-state index contributed by atoms with van der Waals surface area (Å²) in [7, 11) is 2.14. The van der Waals surface area contributed by atoms with Gasteiger partial charge in [0.05, 0.1) is 6.54 Å². The summed E-state index contributed by atoms with van der Waals surface area (Å²) >= 11 is 0. The van der Waals surface area contributed by atoms with Crippen LogP contribution in [0.1, 0.15) is 35.8 Å². The second-order valence-corrected chi connectivity index (χ2v) is 4.79. The third-order valence-corrected chi connectivity index (χ3v) is 3.51. The zero-order valence-electron chi connectivity index (χ0n) is 9.25. The lowest BCUT2D eigenvalue weighted by atomic mass is 9.95. The van der Waals surface area contributed by atoms with Gasteiger partial charge in [0.25, 0.3) is 0 Å². The Bertz CT molecular complexity index is 329. The van der Waals surface area contributed by atoms with Crippen LogP contribution < -0.4 is 5.32 Å². The van der Waals surface area contributed by atoms with Crippen LogP contribution in [0.2, 0.25) is 0 Å². The zero-order valence-corrected chi connectivity index (χ0v) is 9.25. The summed E-state index contributed by atoms with van der Waals surface area (Å²) in [6, 6.07) is 2.29. The number of rotatable bonds is 1. The molecule has 0 saturated carbocycles. The third-order valence-electron chi connectivity index (χ3n) is 3.51. The minimum absolute atomic E-state index is 0.655. The predicted octanol–water partition coefficient (Wildman–Crippen LogP) is 1.69. The van der Waals surface area contributed by atoms with Gasteiger partial charge in [0.1, 0.15) is 11.5 Å². The van der Waals surface area contributed by atoms with Crippen molar-refractivity contribution in [2.24, 2.45) is 0 Å². The van der Waals surface area contributed by atoms with E-state index in [-0.39, 0.29) is 0 Å². The first kappa shape index (κ1) is 9.43. The van der Waals surface area contributed by atoms with E-state index in [4.69, 9.17) is 4.42 Å². The molecule has 1 saturated heterocycles. The van der Waals surface area contributed by atoms with Crippen LogP contribution in [0.25, 0.3) is 0 Å². The van der Waals surface area contributed by atoms with Crippen LogP contribution in [-0.2, 0) is 13.1 Å². The summed E-state index contributed by atoms with van der Waals surface area (Å²) in [5.41, 5.74) is 1.41. The maximum atomic E-state index is 5.97. The minimum Gasteiger partial charge on any atom is -0.464 e. The van der Waals surface area contributed by atoms with Gasteiger partial charge in [0.15, 0.2) is 0 Å². The van der Waals surface area contributed by atoms with E-state index in [1.807, 2.05) is 0 Å². The smallest absolute Gasteiger partial charge is 0.122 e. The first-order valence-electron chi connectivity index (χ1n) is 5.83. The average molecular weight is 206 g/mol. The fourth-order valence-corrected chi connectivity index (χ4v) is 2.66. The lowest BCUT2D eigenvalue weighted by Crippen LogP contribution is -2.26. The van der Waals surface area contributed by atoms with Crippen LogP contribution in [0.5, 0.6) is 0 Å². The van der Waals surface area contributed by atoms with Crippen molar-refractivity contribution in [1.29, 1.82) is 0 Å². The molecule has 82 valence electrons. The normalized spacial score (nSPS) is 23.3. The van der Waals surface area contributed by atoms with Gasteiger partial charge in [0, 0.05) is 18.0 Å². The van der Waals surface area contributed by atoms with Crippen molar-refractivity contribution in [2.45, 2.75) is 31.8 Å². The van der Waals surface area contributed by atoms with E-state index >= 15 is 0 Å². The van der Waals surface area contributed by atoms with E-state index in [0.29, 0.717) is 5.92 Å². The molecule has 0 aliphatic carbocycles. The molecule has 2 aliphatic rings. The number of nitrogens with one attached hydrogen (secondary N) is 1. The topological polar surface area (TPSA) is 28.4 Å². The second kappa shape index (κ2) is 3.65. The summed E-state index contributed by atoms with van der Waals surface area (Å²) in [6.45, 7) is 4.32. The zero-order chi connectivity index (χ0) is 10.3. The Morgan fingerprint density at radius 1 is 1.33 bits per heavy atom. The number of nitrogens with zero attached hydrogens (tertiary/aromatic N) is 1. The molecular formula is C12H18N2O. The Hall–Kier alpha value is -0.800. The van der Waals surface area contributed by atoms with Crippen molar-refractivity contribution in [2.75, 3.05) is 20.1 Å². The molecule has 1 aromatic heterocycles. The Balaban J connectivity index is 1.79. The summed E-state index contributed by atoms with van der Waals surface area (Å²) in [5.74, 6) is 3.09. The number of fused-ring (bicyclic) bond motifs is 1. The van der Waals surface area contributed by atoms with Gasteiger partial charge in [0.2, 0.25) is 0 Å². The van der Waals surface area contributed by atoms with Crippen molar-refractivity contribution in [3.05, 3.63) is 23.2 Å². The van der Waals surface area contributed by atoms with Gasteiger partial charge in [-0.3, -0.25) is 4.90 Å². The van der Waals surface area contributed by atoms with Crippen LogP contribution in [0, 0.1) is 0 Å².